The number of hydrogen-bond donors (Lipinski definition) is 1. The maximum Gasteiger partial charge on any atom is 0.420 e. The number of hydrogen-bond acceptors (Lipinski definition) is 2. The van der Waals surface area contributed by atoms with E-state index in [4.69, 9.17) is 5.26 Å². The van der Waals surface area contributed by atoms with Crippen molar-refractivity contribution in [1.82, 2.24) is 5.32 Å². The molecule has 1 saturated heterocycles. The minimum absolute atomic E-state index is 0.132. The average Bonchev–Trinajstić information content (AvgIpc) is 2.33. The summed E-state index contributed by atoms with van der Waals surface area (Å²) in [5, 5.41) is 10.5. The maximum atomic E-state index is 12.1. The summed E-state index contributed by atoms with van der Waals surface area (Å²) in [7, 11) is 0. The summed E-state index contributed by atoms with van der Waals surface area (Å²) in [6, 6.07) is 1.28. The largest absolute Gasteiger partial charge is 0.420 e. The smallest absolute Gasteiger partial charge is 0.292 e. The van der Waals surface area contributed by atoms with E-state index in [1.54, 1.807) is 0 Å². The van der Waals surface area contributed by atoms with Crippen LogP contribution in [0, 0.1) is 11.3 Å². The molecule has 5 heteroatoms. The molecule has 0 aromatic carbocycles. The first-order valence-corrected chi connectivity index (χ1v) is 3.25. The fraction of sp³-hybridized carbons (Fsp3) is 0.833. The van der Waals surface area contributed by atoms with Crippen molar-refractivity contribution >= 4 is 0 Å². The summed E-state index contributed by atoms with van der Waals surface area (Å²) in [5.74, 6) is 0. The lowest BCUT2D eigenvalue weighted by atomic mass is 9.99. The third kappa shape index (κ3) is 1.18. The van der Waals surface area contributed by atoms with E-state index in [1.165, 1.54) is 6.07 Å². The Labute approximate surface area is 62.0 Å². The zero-order valence-electron chi connectivity index (χ0n) is 5.70. The van der Waals surface area contributed by atoms with Crippen molar-refractivity contribution in [2.45, 2.75) is 24.6 Å². The normalized spacial score (nSPS) is 31.8. The Morgan fingerprint density at radius 3 is 2.27 bits per heavy atom. The lowest BCUT2D eigenvalue weighted by Gasteiger charge is -2.23. The molecule has 0 aromatic rings. The van der Waals surface area contributed by atoms with Crippen molar-refractivity contribution in [2.24, 2.45) is 0 Å². The number of halogens is 3. The van der Waals surface area contributed by atoms with Crippen LogP contribution in [0.4, 0.5) is 13.2 Å². The molecule has 1 heterocycles. The van der Waals surface area contributed by atoms with Crippen LogP contribution in [0.25, 0.3) is 0 Å². The highest BCUT2D eigenvalue weighted by molar-refractivity contribution is 5.14. The Bertz CT molecular complexity index is 185. The molecule has 0 radical (unpaired) electrons. The molecule has 0 bridgehead atoms. The van der Waals surface area contributed by atoms with E-state index >= 15 is 0 Å². The molecule has 0 aromatic heterocycles. The highest BCUT2D eigenvalue weighted by Gasteiger charge is 2.56. The topological polar surface area (TPSA) is 35.8 Å². The zero-order valence-corrected chi connectivity index (χ0v) is 5.70. The van der Waals surface area contributed by atoms with Crippen molar-refractivity contribution in [1.29, 1.82) is 5.26 Å². The number of alkyl halides is 3. The van der Waals surface area contributed by atoms with Crippen molar-refractivity contribution in [3.63, 3.8) is 0 Å². The maximum absolute atomic E-state index is 12.1. The second-order valence-corrected chi connectivity index (χ2v) is 2.55. The van der Waals surface area contributed by atoms with Crippen LogP contribution in [0.15, 0.2) is 0 Å². The molecular formula is C6H7F3N2. The minimum Gasteiger partial charge on any atom is -0.292 e. The molecule has 1 aliphatic heterocycles. The summed E-state index contributed by atoms with van der Waals surface area (Å²) < 4.78 is 36.4. The van der Waals surface area contributed by atoms with Gasteiger partial charge in [-0.05, 0) is 19.4 Å². The number of rotatable bonds is 0. The molecule has 11 heavy (non-hydrogen) atoms. The molecule has 2 nitrogen and oxygen atoms in total. The van der Waals surface area contributed by atoms with E-state index < -0.39 is 11.7 Å². The van der Waals surface area contributed by atoms with Crippen molar-refractivity contribution < 1.29 is 13.2 Å². The third-order valence-electron chi connectivity index (χ3n) is 1.83. The van der Waals surface area contributed by atoms with Gasteiger partial charge < -0.3 is 0 Å². The Morgan fingerprint density at radius 1 is 1.45 bits per heavy atom. The quantitative estimate of drug-likeness (QED) is 0.583. The molecule has 1 atom stereocenters. The summed E-state index contributed by atoms with van der Waals surface area (Å²) in [6.07, 6.45) is -4.17. The zero-order chi connectivity index (χ0) is 8.54. The molecular weight excluding hydrogens is 157 g/mol. The van der Waals surface area contributed by atoms with E-state index in [-0.39, 0.29) is 13.0 Å². The first-order chi connectivity index (χ1) is 5.02. The minimum atomic E-state index is -4.45. The average molecular weight is 164 g/mol. The number of nitrogens with zero attached hydrogens (tertiary/aromatic N) is 1. The van der Waals surface area contributed by atoms with Crippen LogP contribution in [-0.2, 0) is 0 Å². The SMILES string of the molecule is N#C[C@]1(C(F)(F)F)CCCN1. The van der Waals surface area contributed by atoms with E-state index in [2.05, 4.69) is 5.32 Å². The van der Waals surface area contributed by atoms with E-state index in [1.807, 2.05) is 0 Å². The van der Waals surface area contributed by atoms with Gasteiger partial charge in [-0.3, -0.25) is 5.32 Å². The highest BCUT2D eigenvalue weighted by atomic mass is 19.4. The van der Waals surface area contributed by atoms with Crippen molar-refractivity contribution in [3.05, 3.63) is 0 Å². The third-order valence-corrected chi connectivity index (χ3v) is 1.83. The first kappa shape index (κ1) is 8.34. The lowest BCUT2D eigenvalue weighted by molar-refractivity contribution is -0.174. The van der Waals surface area contributed by atoms with Gasteiger partial charge in [0.1, 0.15) is 0 Å². The van der Waals surface area contributed by atoms with Crippen LogP contribution in [0.3, 0.4) is 0 Å². The van der Waals surface area contributed by atoms with Gasteiger partial charge in [0.15, 0.2) is 0 Å². The van der Waals surface area contributed by atoms with Gasteiger partial charge in [0.2, 0.25) is 5.54 Å². The molecule has 1 fully saturated rings. The van der Waals surface area contributed by atoms with Gasteiger partial charge >= 0.3 is 6.18 Å². The summed E-state index contributed by atoms with van der Waals surface area (Å²) in [5.41, 5.74) is -2.27. The molecule has 1 rings (SSSR count). The fourth-order valence-corrected chi connectivity index (χ4v) is 1.14. The van der Waals surface area contributed by atoms with Crippen LogP contribution in [-0.4, -0.2) is 18.3 Å². The van der Waals surface area contributed by atoms with Gasteiger partial charge in [-0.2, -0.15) is 18.4 Å². The molecule has 0 amide bonds. The van der Waals surface area contributed by atoms with Crippen LogP contribution in [0.5, 0.6) is 0 Å². The highest BCUT2D eigenvalue weighted by Crippen LogP contribution is 2.36. The molecule has 1 aliphatic rings. The summed E-state index contributed by atoms with van der Waals surface area (Å²) in [6.45, 7) is 0.271. The first-order valence-electron chi connectivity index (χ1n) is 3.25. The Morgan fingerprint density at radius 2 is 2.09 bits per heavy atom. The molecule has 0 unspecified atom stereocenters. The Hall–Kier alpha value is -0.760. The second kappa shape index (κ2) is 2.38. The van der Waals surface area contributed by atoms with Crippen LogP contribution >= 0.6 is 0 Å². The van der Waals surface area contributed by atoms with Crippen LogP contribution in [0.2, 0.25) is 0 Å². The van der Waals surface area contributed by atoms with Crippen molar-refractivity contribution in [3.8, 4) is 6.07 Å². The van der Waals surface area contributed by atoms with Gasteiger partial charge in [-0.1, -0.05) is 0 Å². The van der Waals surface area contributed by atoms with Gasteiger partial charge in [-0.25, -0.2) is 0 Å². The van der Waals surface area contributed by atoms with Gasteiger partial charge in [-0.15, -0.1) is 0 Å². The predicted octanol–water partition coefficient (Wildman–Crippen LogP) is 1.19. The lowest BCUT2D eigenvalue weighted by Crippen LogP contribution is -2.51. The fourth-order valence-electron chi connectivity index (χ4n) is 1.14. The standard InChI is InChI=1S/C6H7F3N2/c7-6(8,9)5(4-10)2-1-3-11-5/h11H,1-3H2/t5-/m0/s1. The number of nitriles is 1. The van der Waals surface area contributed by atoms with Gasteiger partial charge in [0.25, 0.3) is 0 Å². The molecule has 1 N–H and O–H groups in total. The van der Waals surface area contributed by atoms with Gasteiger partial charge in [0.05, 0.1) is 6.07 Å². The van der Waals surface area contributed by atoms with Crippen molar-refractivity contribution in [2.75, 3.05) is 6.54 Å². The second-order valence-electron chi connectivity index (χ2n) is 2.55. The molecule has 0 saturated carbocycles. The van der Waals surface area contributed by atoms with E-state index in [9.17, 15) is 13.2 Å². The van der Waals surface area contributed by atoms with E-state index in [0.717, 1.165) is 0 Å². The summed E-state index contributed by atoms with van der Waals surface area (Å²) >= 11 is 0. The summed E-state index contributed by atoms with van der Waals surface area (Å²) in [4.78, 5) is 0. The monoisotopic (exact) mass is 164 g/mol. The molecule has 0 spiro atoms. The van der Waals surface area contributed by atoms with Crippen LogP contribution < -0.4 is 5.32 Å². The van der Waals surface area contributed by atoms with Crippen LogP contribution in [0.1, 0.15) is 12.8 Å². The number of nitrogens with one attached hydrogen (secondary N) is 1. The van der Waals surface area contributed by atoms with E-state index in [0.29, 0.717) is 6.42 Å². The Kier molecular flexibility index (Phi) is 1.80. The van der Waals surface area contributed by atoms with Gasteiger partial charge in [0, 0.05) is 0 Å². The molecule has 62 valence electrons. The predicted molar refractivity (Wildman–Crippen MR) is 31.6 cm³/mol. The molecule has 0 aliphatic carbocycles. The Balaban J connectivity index is 2.86.